The first-order valence-corrected chi connectivity index (χ1v) is 12.6. The highest BCUT2D eigenvalue weighted by molar-refractivity contribution is 6.31. The third kappa shape index (κ3) is 7.46. The SMILES string of the molecule is O=C1CN(C(=O)CCCc2ccncc2)CCCCCOc2ccccc2Oc2ccc(Cl)cc2N1. The van der Waals surface area contributed by atoms with E-state index in [1.54, 1.807) is 35.5 Å². The zero-order valence-corrected chi connectivity index (χ0v) is 20.9. The zero-order valence-electron chi connectivity index (χ0n) is 20.1. The lowest BCUT2D eigenvalue weighted by molar-refractivity contribution is -0.134. The van der Waals surface area contributed by atoms with Gasteiger partial charge in [-0.2, -0.15) is 0 Å². The van der Waals surface area contributed by atoms with Gasteiger partial charge in [-0.3, -0.25) is 14.6 Å². The van der Waals surface area contributed by atoms with Crippen LogP contribution >= 0.6 is 11.6 Å². The predicted octanol–water partition coefficient (Wildman–Crippen LogP) is 5.88. The van der Waals surface area contributed by atoms with E-state index < -0.39 is 0 Å². The van der Waals surface area contributed by atoms with Gasteiger partial charge in [0.1, 0.15) is 0 Å². The van der Waals surface area contributed by atoms with Crippen LogP contribution in [-0.4, -0.2) is 41.4 Å². The van der Waals surface area contributed by atoms with Gasteiger partial charge in [0.15, 0.2) is 17.2 Å². The van der Waals surface area contributed by atoms with Crippen LogP contribution in [0.4, 0.5) is 5.69 Å². The van der Waals surface area contributed by atoms with Crippen LogP contribution in [0.1, 0.15) is 37.7 Å². The summed E-state index contributed by atoms with van der Waals surface area (Å²) in [6.45, 7) is 1.01. The summed E-state index contributed by atoms with van der Waals surface area (Å²) in [6.07, 6.45) is 7.86. The lowest BCUT2D eigenvalue weighted by Gasteiger charge is -2.23. The Morgan fingerprint density at radius 1 is 1.00 bits per heavy atom. The number of aryl methyl sites for hydroxylation is 1. The molecule has 0 saturated heterocycles. The molecule has 0 fully saturated rings. The van der Waals surface area contributed by atoms with E-state index in [1.807, 2.05) is 36.4 Å². The van der Waals surface area contributed by atoms with Gasteiger partial charge in [0.2, 0.25) is 11.8 Å². The average Bonchev–Trinajstić information content (AvgIpc) is 2.88. The van der Waals surface area contributed by atoms with E-state index in [1.165, 1.54) is 0 Å². The van der Waals surface area contributed by atoms with E-state index in [0.717, 1.165) is 31.2 Å². The molecule has 2 heterocycles. The number of pyridine rings is 1. The Morgan fingerprint density at radius 3 is 2.64 bits per heavy atom. The van der Waals surface area contributed by atoms with Gasteiger partial charge in [-0.1, -0.05) is 23.7 Å². The van der Waals surface area contributed by atoms with Crippen molar-refractivity contribution < 1.29 is 19.1 Å². The molecule has 8 heteroatoms. The van der Waals surface area contributed by atoms with Crippen LogP contribution in [0.2, 0.25) is 5.02 Å². The highest BCUT2D eigenvalue weighted by Gasteiger charge is 2.19. The number of fused-ring (bicyclic) bond motifs is 2. The minimum atomic E-state index is -0.302. The fraction of sp³-hybridized carbons (Fsp3) is 0.321. The van der Waals surface area contributed by atoms with Crippen LogP contribution in [0.3, 0.4) is 0 Å². The standard InChI is InChI=1S/C28H30ClN3O4/c29-22-11-12-24-23(19-22)31-27(33)20-32(28(34)10-6-7-21-13-15-30-16-14-21)17-4-1-5-18-35-25-8-2-3-9-26(25)36-24/h2-3,8-9,11-16,19H,1,4-7,10,17-18,20H2,(H,31,33). The number of hydrogen-bond donors (Lipinski definition) is 1. The second-order valence-corrected chi connectivity index (χ2v) is 9.11. The molecule has 0 aliphatic carbocycles. The van der Waals surface area contributed by atoms with Gasteiger partial charge in [-0.25, -0.2) is 0 Å². The summed E-state index contributed by atoms with van der Waals surface area (Å²) in [7, 11) is 0. The van der Waals surface area contributed by atoms with E-state index in [-0.39, 0.29) is 18.4 Å². The van der Waals surface area contributed by atoms with Crippen LogP contribution in [0.5, 0.6) is 17.2 Å². The number of aromatic nitrogens is 1. The molecule has 0 spiro atoms. The zero-order chi connectivity index (χ0) is 25.2. The number of rotatable bonds is 4. The Kier molecular flexibility index (Phi) is 9.16. The van der Waals surface area contributed by atoms with Crippen molar-refractivity contribution in [1.29, 1.82) is 0 Å². The predicted molar refractivity (Wildman–Crippen MR) is 140 cm³/mol. The monoisotopic (exact) mass is 507 g/mol. The number of para-hydroxylation sites is 2. The van der Waals surface area contributed by atoms with E-state index >= 15 is 0 Å². The maximum absolute atomic E-state index is 13.0. The molecule has 1 aliphatic heterocycles. The number of anilines is 1. The lowest BCUT2D eigenvalue weighted by atomic mass is 10.1. The number of ether oxygens (including phenoxy) is 2. The molecule has 0 unspecified atom stereocenters. The molecule has 2 amide bonds. The smallest absolute Gasteiger partial charge is 0.244 e. The van der Waals surface area contributed by atoms with Crippen molar-refractivity contribution in [3.05, 3.63) is 77.6 Å². The van der Waals surface area contributed by atoms with Gasteiger partial charge in [-0.05, 0) is 80.1 Å². The molecule has 2 aromatic carbocycles. The van der Waals surface area contributed by atoms with Crippen molar-refractivity contribution in [1.82, 2.24) is 9.88 Å². The minimum absolute atomic E-state index is 0.0326. The van der Waals surface area contributed by atoms with E-state index in [2.05, 4.69) is 10.3 Å². The number of halogens is 1. The van der Waals surface area contributed by atoms with Crippen LogP contribution < -0.4 is 14.8 Å². The summed E-state index contributed by atoms with van der Waals surface area (Å²) in [5.74, 6) is 1.29. The van der Waals surface area contributed by atoms with Gasteiger partial charge < -0.3 is 19.7 Å². The first-order chi connectivity index (χ1) is 17.6. The van der Waals surface area contributed by atoms with Crippen molar-refractivity contribution in [2.75, 3.05) is 25.0 Å². The molecule has 188 valence electrons. The van der Waals surface area contributed by atoms with E-state index in [0.29, 0.717) is 54.0 Å². The number of hydrogen-bond acceptors (Lipinski definition) is 5. The van der Waals surface area contributed by atoms with Crippen LogP contribution in [0.15, 0.2) is 67.0 Å². The Balaban J connectivity index is 1.48. The number of carbonyl (C=O) groups excluding carboxylic acids is 2. The number of nitrogens with zero attached hydrogens (tertiary/aromatic N) is 2. The highest BCUT2D eigenvalue weighted by atomic mass is 35.5. The van der Waals surface area contributed by atoms with E-state index in [4.69, 9.17) is 21.1 Å². The molecule has 1 N–H and O–H groups in total. The second-order valence-electron chi connectivity index (χ2n) is 8.67. The summed E-state index contributed by atoms with van der Waals surface area (Å²) in [6, 6.07) is 16.4. The maximum Gasteiger partial charge on any atom is 0.244 e. The Morgan fingerprint density at radius 2 is 1.81 bits per heavy atom. The van der Waals surface area contributed by atoms with Crippen LogP contribution in [0, 0.1) is 0 Å². The first kappa shape index (κ1) is 25.5. The molecule has 4 rings (SSSR count). The number of amides is 2. The van der Waals surface area contributed by atoms with Crippen LogP contribution in [0.25, 0.3) is 0 Å². The summed E-state index contributed by atoms with van der Waals surface area (Å²) < 4.78 is 12.1. The van der Waals surface area contributed by atoms with Gasteiger partial charge in [0.05, 0.1) is 18.8 Å². The molecule has 1 aromatic heterocycles. The first-order valence-electron chi connectivity index (χ1n) is 12.2. The average molecular weight is 508 g/mol. The van der Waals surface area contributed by atoms with Crippen molar-refractivity contribution in [2.24, 2.45) is 0 Å². The quantitative estimate of drug-likeness (QED) is 0.477. The van der Waals surface area contributed by atoms with Gasteiger partial charge in [-0.15, -0.1) is 0 Å². The second kappa shape index (κ2) is 12.9. The molecule has 7 nitrogen and oxygen atoms in total. The van der Waals surface area contributed by atoms with Gasteiger partial charge in [0, 0.05) is 30.4 Å². The Hall–Kier alpha value is -3.58. The summed E-state index contributed by atoms with van der Waals surface area (Å²) in [4.78, 5) is 31.7. The lowest BCUT2D eigenvalue weighted by Crippen LogP contribution is -2.38. The molecule has 0 atom stereocenters. The molecule has 3 aromatic rings. The topological polar surface area (TPSA) is 80.8 Å². The van der Waals surface area contributed by atoms with Crippen molar-refractivity contribution in [3.63, 3.8) is 0 Å². The van der Waals surface area contributed by atoms with Crippen molar-refractivity contribution >= 4 is 29.1 Å². The fourth-order valence-electron chi connectivity index (χ4n) is 4.03. The third-order valence-electron chi connectivity index (χ3n) is 5.91. The Labute approximate surface area is 216 Å². The van der Waals surface area contributed by atoms with Crippen molar-refractivity contribution in [2.45, 2.75) is 38.5 Å². The van der Waals surface area contributed by atoms with Gasteiger partial charge >= 0.3 is 0 Å². The number of nitrogens with one attached hydrogen (secondary N) is 1. The molecule has 36 heavy (non-hydrogen) atoms. The largest absolute Gasteiger partial charge is 0.490 e. The fourth-order valence-corrected chi connectivity index (χ4v) is 4.20. The maximum atomic E-state index is 13.0. The third-order valence-corrected chi connectivity index (χ3v) is 6.14. The molecule has 0 saturated carbocycles. The molecular formula is C28H30ClN3O4. The van der Waals surface area contributed by atoms with E-state index in [9.17, 15) is 9.59 Å². The highest BCUT2D eigenvalue weighted by Crippen LogP contribution is 2.36. The normalized spacial score (nSPS) is 14.7. The minimum Gasteiger partial charge on any atom is -0.490 e. The number of carbonyl (C=O) groups is 2. The summed E-state index contributed by atoms with van der Waals surface area (Å²) >= 11 is 6.21. The number of benzene rings is 2. The van der Waals surface area contributed by atoms with Gasteiger partial charge in [0.25, 0.3) is 0 Å². The van der Waals surface area contributed by atoms with Crippen molar-refractivity contribution in [3.8, 4) is 17.2 Å². The summed E-state index contributed by atoms with van der Waals surface area (Å²) in [5, 5.41) is 3.34. The molecule has 0 radical (unpaired) electrons. The molecular weight excluding hydrogens is 478 g/mol. The Bertz CT molecular complexity index is 1170. The summed E-state index contributed by atoms with van der Waals surface area (Å²) in [5.41, 5.74) is 1.57. The molecule has 0 bridgehead atoms. The molecule has 1 aliphatic rings. The van der Waals surface area contributed by atoms with Crippen LogP contribution in [-0.2, 0) is 16.0 Å².